The maximum Gasteiger partial charge on any atom is 0.332 e. The van der Waals surface area contributed by atoms with Crippen LogP contribution in [0.5, 0.6) is 11.5 Å². The summed E-state index contributed by atoms with van der Waals surface area (Å²) in [6.07, 6.45) is 2.50. The van der Waals surface area contributed by atoms with E-state index in [4.69, 9.17) is 18.9 Å². The first-order chi connectivity index (χ1) is 28.3. The van der Waals surface area contributed by atoms with Crippen molar-refractivity contribution in [3.63, 3.8) is 0 Å². The van der Waals surface area contributed by atoms with Crippen LogP contribution < -0.4 is 20.7 Å². The molecule has 0 aliphatic carbocycles. The molecule has 0 saturated carbocycles. The standard InChI is InChI=1S/C44H44N6O6S2/c1-4-38-46-47-39(56-38)24-49-34-23-37(26-9-7-6-8-10-26)58-41(34)43(52)50(44(49)53)29-15-18-48(19-16-29)42(51)28-13-11-27(12-14-28)40-31-22-35(54-3)36(55-5-2)21-30(31)32-25-57-20-17-33(32)45-40/h6-14,21-23,29,32-33H,4-5,15-20,24-25H2,1-3H3/t32-,33-/m1/s1. The number of rotatable bonds is 10. The smallest absolute Gasteiger partial charge is 0.332 e. The van der Waals surface area contributed by atoms with E-state index in [0.717, 1.165) is 51.0 Å². The summed E-state index contributed by atoms with van der Waals surface area (Å²) in [5, 5.41) is 8.26. The van der Waals surface area contributed by atoms with Crippen molar-refractivity contribution in [1.82, 2.24) is 24.2 Å². The van der Waals surface area contributed by atoms with Crippen LogP contribution in [0.3, 0.4) is 0 Å². The Morgan fingerprint density at radius 2 is 1.69 bits per heavy atom. The molecule has 58 heavy (non-hydrogen) atoms. The Bertz CT molecular complexity index is 2640. The van der Waals surface area contributed by atoms with Gasteiger partial charge in [0.25, 0.3) is 11.5 Å². The van der Waals surface area contributed by atoms with Gasteiger partial charge >= 0.3 is 5.69 Å². The molecule has 0 N–H and O–H groups in total. The summed E-state index contributed by atoms with van der Waals surface area (Å²) in [5.41, 5.74) is 5.46. The molecule has 3 aromatic heterocycles. The summed E-state index contributed by atoms with van der Waals surface area (Å²) < 4.78 is 21.0. The predicted octanol–water partition coefficient (Wildman–Crippen LogP) is 7.21. The Labute approximate surface area is 343 Å². The first kappa shape index (κ1) is 38.1. The topological polar surface area (TPSA) is 134 Å². The van der Waals surface area contributed by atoms with Crippen molar-refractivity contribution in [2.24, 2.45) is 4.99 Å². The third-order valence-corrected chi connectivity index (χ3v) is 13.7. The number of carbonyl (C=O) groups is 1. The van der Waals surface area contributed by atoms with Crippen LogP contribution in [0, 0.1) is 0 Å². The van der Waals surface area contributed by atoms with E-state index in [1.54, 1.807) is 11.7 Å². The van der Waals surface area contributed by atoms with Gasteiger partial charge in [0, 0.05) is 58.8 Å². The molecule has 0 radical (unpaired) electrons. The fourth-order valence-electron chi connectivity index (χ4n) is 8.45. The Hall–Kier alpha value is -5.47. The zero-order valence-corrected chi connectivity index (χ0v) is 34.3. The molecule has 2 atom stereocenters. The number of hydrogen-bond acceptors (Lipinski definition) is 11. The average Bonchev–Trinajstić information content (AvgIpc) is 3.93. The van der Waals surface area contributed by atoms with Gasteiger partial charge in [-0.2, -0.15) is 11.8 Å². The van der Waals surface area contributed by atoms with Gasteiger partial charge in [0.05, 0.1) is 31.0 Å². The number of piperidine rings is 1. The number of carbonyl (C=O) groups excluding carboxylic acids is 1. The van der Waals surface area contributed by atoms with Gasteiger partial charge in [-0.25, -0.2) is 4.79 Å². The SMILES string of the molecule is CCOc1cc2c(cc1OC)C(c1ccc(C(=O)N3CCC(n4c(=O)c5sc(-c6ccccc6)cc5n(Cc5nnc(CC)o5)c4=O)CC3)cc1)=N[C@@H]1CCSC[C@H]21. The van der Waals surface area contributed by atoms with Gasteiger partial charge in [0.2, 0.25) is 11.8 Å². The Morgan fingerprint density at radius 3 is 2.41 bits per heavy atom. The van der Waals surface area contributed by atoms with Crippen molar-refractivity contribution >= 4 is 44.9 Å². The maximum atomic E-state index is 14.3. The molecule has 0 unspecified atom stereocenters. The Kier molecular flexibility index (Phi) is 10.5. The first-order valence-corrected chi connectivity index (χ1v) is 21.9. The molecular formula is C44H44N6O6S2. The molecule has 1 amide bonds. The summed E-state index contributed by atoms with van der Waals surface area (Å²) in [6.45, 7) is 5.30. The summed E-state index contributed by atoms with van der Waals surface area (Å²) >= 11 is 3.34. The van der Waals surface area contributed by atoms with Crippen molar-refractivity contribution < 1.29 is 18.7 Å². The number of hydrogen-bond donors (Lipinski definition) is 0. The highest BCUT2D eigenvalue weighted by Gasteiger charge is 2.35. The number of thiophene rings is 1. The van der Waals surface area contributed by atoms with Crippen LogP contribution in [-0.4, -0.2) is 80.2 Å². The van der Waals surface area contributed by atoms with E-state index in [2.05, 4.69) is 16.3 Å². The Balaban J connectivity index is 0.967. The van der Waals surface area contributed by atoms with Gasteiger partial charge in [-0.15, -0.1) is 21.5 Å². The summed E-state index contributed by atoms with van der Waals surface area (Å²) in [5.74, 6) is 4.52. The van der Waals surface area contributed by atoms with Crippen molar-refractivity contribution in [2.75, 3.05) is 38.3 Å². The van der Waals surface area contributed by atoms with Crippen LogP contribution in [0.4, 0.5) is 0 Å². The molecule has 3 aliphatic heterocycles. The lowest BCUT2D eigenvalue weighted by atomic mass is 9.81. The number of thioether (sulfide) groups is 1. The van der Waals surface area contributed by atoms with Gasteiger partial charge in [-0.05, 0) is 73.4 Å². The van der Waals surface area contributed by atoms with E-state index in [1.807, 2.05) is 97.2 Å². The molecule has 6 heterocycles. The third kappa shape index (κ3) is 6.95. The highest BCUT2D eigenvalue weighted by Crippen LogP contribution is 2.44. The highest BCUT2D eigenvalue weighted by molar-refractivity contribution is 7.99. The second-order valence-electron chi connectivity index (χ2n) is 14.8. The minimum Gasteiger partial charge on any atom is -0.493 e. The number of ether oxygens (including phenoxy) is 2. The molecular weight excluding hydrogens is 773 g/mol. The number of benzene rings is 3. The number of aliphatic imine (C=N–C) groups is 1. The molecule has 3 aliphatic rings. The van der Waals surface area contributed by atoms with Crippen LogP contribution in [0.1, 0.15) is 83.9 Å². The fraction of sp³-hybridized carbons (Fsp3) is 0.364. The van der Waals surface area contributed by atoms with E-state index in [0.29, 0.717) is 78.2 Å². The monoisotopic (exact) mass is 816 g/mol. The highest BCUT2D eigenvalue weighted by atomic mass is 32.2. The zero-order valence-electron chi connectivity index (χ0n) is 32.7. The molecule has 6 aromatic rings. The summed E-state index contributed by atoms with van der Waals surface area (Å²) in [4.78, 5) is 50.4. The van der Waals surface area contributed by atoms with E-state index in [-0.39, 0.29) is 30.1 Å². The van der Waals surface area contributed by atoms with Gasteiger partial charge in [-0.3, -0.25) is 23.7 Å². The van der Waals surface area contributed by atoms with Gasteiger partial charge < -0.3 is 18.8 Å². The number of nitrogens with zero attached hydrogens (tertiary/aromatic N) is 6. The number of methoxy groups -OCH3 is 1. The fourth-order valence-corrected chi connectivity index (χ4v) is 10.8. The molecule has 9 rings (SSSR count). The van der Waals surface area contributed by atoms with Crippen LogP contribution in [0.2, 0.25) is 0 Å². The largest absolute Gasteiger partial charge is 0.493 e. The molecule has 12 nitrogen and oxygen atoms in total. The number of amides is 1. The predicted molar refractivity (Wildman–Crippen MR) is 227 cm³/mol. The lowest BCUT2D eigenvalue weighted by Crippen LogP contribution is -2.46. The normalized spacial score (nSPS) is 18.1. The van der Waals surface area contributed by atoms with Crippen molar-refractivity contribution in [3.05, 3.63) is 128 Å². The maximum absolute atomic E-state index is 14.3. The minimum atomic E-state index is -0.427. The van der Waals surface area contributed by atoms with E-state index in [9.17, 15) is 14.4 Å². The van der Waals surface area contributed by atoms with Crippen LogP contribution in [0.25, 0.3) is 20.7 Å². The van der Waals surface area contributed by atoms with Gasteiger partial charge in [-0.1, -0.05) is 49.4 Å². The van der Waals surface area contributed by atoms with Gasteiger partial charge in [0.15, 0.2) is 11.5 Å². The number of likely N-dealkylation sites (tertiary alicyclic amines) is 1. The molecule has 0 bridgehead atoms. The minimum absolute atomic E-state index is 0.0427. The van der Waals surface area contributed by atoms with E-state index in [1.165, 1.54) is 21.5 Å². The summed E-state index contributed by atoms with van der Waals surface area (Å²) in [7, 11) is 1.66. The third-order valence-electron chi connectivity index (χ3n) is 11.4. The van der Waals surface area contributed by atoms with E-state index < -0.39 is 5.69 Å². The second kappa shape index (κ2) is 16.1. The molecule has 298 valence electrons. The summed E-state index contributed by atoms with van der Waals surface area (Å²) in [6, 6.07) is 23.4. The van der Waals surface area contributed by atoms with Crippen molar-refractivity contribution in [2.45, 2.75) is 64.1 Å². The van der Waals surface area contributed by atoms with Crippen molar-refractivity contribution in [3.8, 4) is 21.9 Å². The Morgan fingerprint density at radius 1 is 0.914 bits per heavy atom. The van der Waals surface area contributed by atoms with Crippen LogP contribution in [0.15, 0.2) is 91.8 Å². The van der Waals surface area contributed by atoms with E-state index >= 15 is 0 Å². The quantitative estimate of drug-likeness (QED) is 0.141. The van der Waals surface area contributed by atoms with Crippen LogP contribution >= 0.6 is 23.1 Å². The lowest BCUT2D eigenvalue weighted by Gasteiger charge is -2.35. The molecule has 3 aromatic carbocycles. The second-order valence-corrected chi connectivity index (χ2v) is 17.0. The van der Waals surface area contributed by atoms with Crippen LogP contribution in [-0.2, 0) is 13.0 Å². The molecule has 0 spiro atoms. The van der Waals surface area contributed by atoms with Gasteiger partial charge in [0.1, 0.15) is 11.2 Å². The lowest BCUT2D eigenvalue weighted by molar-refractivity contribution is 0.0691. The first-order valence-electron chi connectivity index (χ1n) is 19.9. The molecule has 2 fully saturated rings. The number of aryl methyl sites for hydroxylation is 1. The zero-order chi connectivity index (χ0) is 39.9. The van der Waals surface area contributed by atoms with Crippen molar-refractivity contribution in [1.29, 1.82) is 0 Å². The number of aromatic nitrogens is 4. The number of fused-ring (bicyclic) bond motifs is 4. The molecule has 2 saturated heterocycles. The molecule has 14 heteroatoms. The average molecular weight is 817 g/mol.